The van der Waals surface area contributed by atoms with Crippen molar-refractivity contribution in [3.8, 4) is 11.5 Å². The van der Waals surface area contributed by atoms with Gasteiger partial charge in [0.1, 0.15) is 0 Å². The lowest BCUT2D eigenvalue weighted by atomic mass is 9.99. The summed E-state index contributed by atoms with van der Waals surface area (Å²) in [4.78, 5) is 0. The summed E-state index contributed by atoms with van der Waals surface area (Å²) in [7, 11) is 3.28. The molecule has 0 fully saturated rings. The zero-order valence-electron chi connectivity index (χ0n) is 12.0. The summed E-state index contributed by atoms with van der Waals surface area (Å²) in [6, 6.07) is 3.94. The maximum Gasteiger partial charge on any atom is 0.162 e. The number of methoxy groups -OCH3 is 2. The lowest BCUT2D eigenvalue weighted by Gasteiger charge is -2.28. The first kappa shape index (κ1) is 14.6. The van der Waals surface area contributed by atoms with Crippen molar-refractivity contribution in [2.75, 3.05) is 26.1 Å². The molecule has 0 aliphatic carbocycles. The summed E-state index contributed by atoms with van der Waals surface area (Å²) >= 11 is 0. The molecule has 1 aromatic rings. The summed E-state index contributed by atoms with van der Waals surface area (Å²) in [5, 5.41) is 3.50. The van der Waals surface area contributed by atoms with Gasteiger partial charge in [-0.05, 0) is 45.4 Å². The number of anilines is 1. The maximum absolute atomic E-state index is 5.62. The van der Waals surface area contributed by atoms with E-state index in [-0.39, 0.29) is 5.54 Å². The molecule has 3 N–H and O–H groups in total. The number of aryl methyl sites for hydroxylation is 1. The normalized spacial score (nSPS) is 11.2. The molecule has 0 saturated heterocycles. The summed E-state index contributed by atoms with van der Waals surface area (Å²) in [5.74, 6) is 1.48. The minimum absolute atomic E-state index is 0.0425. The number of nitrogens with two attached hydrogens (primary N) is 1. The summed E-state index contributed by atoms with van der Waals surface area (Å²) in [6.07, 6.45) is 0.904. The minimum Gasteiger partial charge on any atom is -0.493 e. The van der Waals surface area contributed by atoms with Crippen LogP contribution in [0.5, 0.6) is 11.5 Å². The van der Waals surface area contributed by atoms with Crippen LogP contribution in [0, 0.1) is 6.92 Å². The Bertz CT molecular complexity index is 403. The van der Waals surface area contributed by atoms with Gasteiger partial charge < -0.3 is 20.5 Å². The van der Waals surface area contributed by atoms with E-state index in [4.69, 9.17) is 15.2 Å². The molecule has 0 aromatic heterocycles. The molecule has 0 saturated carbocycles. The van der Waals surface area contributed by atoms with E-state index in [0.717, 1.165) is 29.2 Å². The van der Waals surface area contributed by atoms with Crippen molar-refractivity contribution >= 4 is 5.69 Å². The Morgan fingerprint density at radius 1 is 1.17 bits per heavy atom. The second-order valence-electron chi connectivity index (χ2n) is 5.07. The molecule has 0 spiro atoms. The van der Waals surface area contributed by atoms with E-state index in [2.05, 4.69) is 19.2 Å². The van der Waals surface area contributed by atoms with Crippen LogP contribution in [-0.2, 0) is 0 Å². The third-order valence-corrected chi connectivity index (χ3v) is 2.97. The van der Waals surface area contributed by atoms with E-state index in [1.807, 2.05) is 19.1 Å². The first-order valence-corrected chi connectivity index (χ1v) is 6.14. The smallest absolute Gasteiger partial charge is 0.162 e. The summed E-state index contributed by atoms with van der Waals surface area (Å²) in [5.41, 5.74) is 7.75. The molecule has 18 heavy (non-hydrogen) atoms. The van der Waals surface area contributed by atoms with Gasteiger partial charge in [0.25, 0.3) is 0 Å². The molecule has 0 bridgehead atoms. The third kappa shape index (κ3) is 3.53. The Kier molecular flexibility index (Phi) is 4.84. The lowest BCUT2D eigenvalue weighted by Crippen LogP contribution is -2.33. The predicted octanol–water partition coefficient (Wildman–Crippen LogP) is 2.55. The van der Waals surface area contributed by atoms with Gasteiger partial charge in [-0.1, -0.05) is 0 Å². The van der Waals surface area contributed by atoms with Crippen molar-refractivity contribution in [2.45, 2.75) is 32.7 Å². The van der Waals surface area contributed by atoms with Gasteiger partial charge in [0, 0.05) is 17.3 Å². The molecule has 4 heteroatoms. The van der Waals surface area contributed by atoms with E-state index >= 15 is 0 Å². The van der Waals surface area contributed by atoms with Crippen LogP contribution in [0.15, 0.2) is 12.1 Å². The van der Waals surface area contributed by atoms with Gasteiger partial charge in [-0.3, -0.25) is 0 Å². The van der Waals surface area contributed by atoms with Crippen molar-refractivity contribution in [2.24, 2.45) is 5.73 Å². The van der Waals surface area contributed by atoms with Gasteiger partial charge >= 0.3 is 0 Å². The lowest BCUT2D eigenvalue weighted by molar-refractivity contribution is 0.354. The third-order valence-electron chi connectivity index (χ3n) is 2.97. The van der Waals surface area contributed by atoms with Gasteiger partial charge in [0.05, 0.1) is 14.2 Å². The van der Waals surface area contributed by atoms with Crippen LogP contribution < -0.4 is 20.5 Å². The fourth-order valence-electron chi connectivity index (χ4n) is 1.90. The van der Waals surface area contributed by atoms with Crippen LogP contribution in [0.3, 0.4) is 0 Å². The fraction of sp³-hybridized carbons (Fsp3) is 0.571. The predicted molar refractivity (Wildman–Crippen MR) is 75.7 cm³/mol. The highest BCUT2D eigenvalue weighted by atomic mass is 16.5. The molecular weight excluding hydrogens is 228 g/mol. The van der Waals surface area contributed by atoms with Crippen molar-refractivity contribution in [3.63, 3.8) is 0 Å². The van der Waals surface area contributed by atoms with Crippen LogP contribution in [0.2, 0.25) is 0 Å². The van der Waals surface area contributed by atoms with E-state index in [0.29, 0.717) is 6.54 Å². The number of hydrogen-bond acceptors (Lipinski definition) is 4. The maximum atomic E-state index is 5.62. The average molecular weight is 252 g/mol. The highest BCUT2D eigenvalue weighted by Gasteiger charge is 2.18. The topological polar surface area (TPSA) is 56.5 Å². The first-order chi connectivity index (χ1) is 8.43. The second-order valence-corrected chi connectivity index (χ2v) is 5.07. The van der Waals surface area contributed by atoms with Crippen LogP contribution in [-0.4, -0.2) is 26.3 Å². The molecule has 0 aliphatic rings. The molecule has 0 amide bonds. The van der Waals surface area contributed by atoms with Gasteiger partial charge in [0.15, 0.2) is 11.5 Å². The van der Waals surface area contributed by atoms with Crippen LogP contribution in [0.25, 0.3) is 0 Å². The summed E-state index contributed by atoms with van der Waals surface area (Å²) < 4.78 is 10.6. The van der Waals surface area contributed by atoms with E-state index in [1.165, 1.54) is 0 Å². The monoisotopic (exact) mass is 252 g/mol. The fourth-order valence-corrected chi connectivity index (χ4v) is 1.90. The second kappa shape index (κ2) is 5.96. The van der Waals surface area contributed by atoms with Gasteiger partial charge in [-0.15, -0.1) is 0 Å². The zero-order valence-corrected chi connectivity index (χ0v) is 12.0. The zero-order chi connectivity index (χ0) is 13.8. The number of benzene rings is 1. The Balaban J connectivity index is 3.02. The molecule has 1 rings (SSSR count). The van der Waals surface area contributed by atoms with E-state index < -0.39 is 0 Å². The number of rotatable bonds is 6. The van der Waals surface area contributed by atoms with Crippen molar-refractivity contribution in [3.05, 3.63) is 17.7 Å². The largest absolute Gasteiger partial charge is 0.493 e. The first-order valence-electron chi connectivity index (χ1n) is 6.14. The van der Waals surface area contributed by atoms with Crippen molar-refractivity contribution < 1.29 is 9.47 Å². The quantitative estimate of drug-likeness (QED) is 0.817. The van der Waals surface area contributed by atoms with Crippen molar-refractivity contribution in [1.82, 2.24) is 0 Å². The van der Waals surface area contributed by atoms with E-state index in [9.17, 15) is 0 Å². The molecule has 0 aliphatic heterocycles. The Labute approximate surface area is 109 Å². The van der Waals surface area contributed by atoms with Crippen LogP contribution >= 0.6 is 0 Å². The SMILES string of the molecule is COc1cc(C)c(NC(C)(C)CCN)cc1OC. The highest BCUT2D eigenvalue weighted by molar-refractivity contribution is 5.61. The highest BCUT2D eigenvalue weighted by Crippen LogP contribution is 2.34. The van der Waals surface area contributed by atoms with Gasteiger partial charge in [-0.25, -0.2) is 0 Å². The van der Waals surface area contributed by atoms with Gasteiger partial charge in [-0.2, -0.15) is 0 Å². The number of hydrogen-bond donors (Lipinski definition) is 2. The standard InChI is InChI=1S/C14H24N2O2/c1-10-8-12(17-4)13(18-5)9-11(10)16-14(2,3)6-7-15/h8-9,16H,6-7,15H2,1-5H3. The van der Waals surface area contributed by atoms with Crippen LogP contribution in [0.4, 0.5) is 5.69 Å². The molecule has 4 nitrogen and oxygen atoms in total. The van der Waals surface area contributed by atoms with E-state index in [1.54, 1.807) is 14.2 Å². The van der Waals surface area contributed by atoms with Crippen LogP contribution in [0.1, 0.15) is 25.8 Å². The summed E-state index contributed by atoms with van der Waals surface area (Å²) in [6.45, 7) is 6.97. The molecule has 0 unspecified atom stereocenters. The number of nitrogens with one attached hydrogen (secondary N) is 1. The number of ether oxygens (including phenoxy) is 2. The minimum atomic E-state index is -0.0425. The average Bonchev–Trinajstić information content (AvgIpc) is 2.30. The molecular formula is C14H24N2O2. The molecule has 0 radical (unpaired) electrons. The Hall–Kier alpha value is -1.42. The molecule has 1 aromatic carbocycles. The Morgan fingerprint density at radius 2 is 1.72 bits per heavy atom. The van der Waals surface area contributed by atoms with Crippen molar-refractivity contribution in [1.29, 1.82) is 0 Å². The molecule has 0 heterocycles. The van der Waals surface area contributed by atoms with Gasteiger partial charge in [0.2, 0.25) is 0 Å². The Morgan fingerprint density at radius 3 is 2.22 bits per heavy atom. The molecule has 0 atom stereocenters. The molecule has 102 valence electrons.